The molecule has 2 aliphatic heterocycles. The number of thioether (sulfide) groups is 3. The summed E-state index contributed by atoms with van der Waals surface area (Å²) in [6, 6.07) is 62.2. The Labute approximate surface area is 796 Å². The van der Waals surface area contributed by atoms with Crippen molar-refractivity contribution in [3.05, 3.63) is 283 Å². The number of nitro groups is 2. The van der Waals surface area contributed by atoms with Crippen molar-refractivity contribution in [2.45, 2.75) is 164 Å². The monoisotopic (exact) mass is 1890 g/mol. The van der Waals surface area contributed by atoms with E-state index in [0.717, 1.165) is 78.8 Å². The highest BCUT2D eigenvalue weighted by molar-refractivity contribution is 8.13. The molecule has 35 nitrogen and oxygen atoms in total. The summed E-state index contributed by atoms with van der Waals surface area (Å²) in [5.74, 6) is 0.570. The van der Waals surface area contributed by atoms with Gasteiger partial charge in [-0.15, -0.1) is 15.3 Å². The Hall–Kier alpha value is -15.2. The Bertz CT molecular complexity index is 6830. The number of non-ortho nitro benzene ring substituents is 1. The van der Waals surface area contributed by atoms with Gasteiger partial charge in [-0.1, -0.05) is 193 Å². The number of aromatic nitrogens is 12. The van der Waals surface area contributed by atoms with Crippen LogP contribution < -0.4 is 35.2 Å². The number of para-hydroxylation sites is 3. The van der Waals surface area contributed by atoms with Crippen molar-refractivity contribution < 1.29 is 58.2 Å². The minimum atomic E-state index is -0.674. The summed E-state index contributed by atoms with van der Waals surface area (Å²) < 4.78 is 23.5. The first-order valence-electron chi connectivity index (χ1n) is 43.9. The van der Waals surface area contributed by atoms with E-state index in [4.69, 9.17) is 19.3 Å². The number of carbonyl (C=O) groups excluding carboxylic acids is 5. The number of anilines is 4. The van der Waals surface area contributed by atoms with E-state index in [1.807, 2.05) is 95.3 Å². The van der Waals surface area contributed by atoms with Crippen molar-refractivity contribution in [2.75, 3.05) is 34.0 Å². The van der Waals surface area contributed by atoms with E-state index in [-0.39, 0.29) is 97.4 Å². The van der Waals surface area contributed by atoms with Crippen LogP contribution in [0.5, 0.6) is 40.2 Å². The van der Waals surface area contributed by atoms with Gasteiger partial charge in [0, 0.05) is 119 Å². The summed E-state index contributed by atoms with van der Waals surface area (Å²) in [5, 5.41) is 97.8. The number of aryl methyl sites for hydroxylation is 4. The fourth-order valence-corrected chi connectivity index (χ4v) is 17.5. The molecule has 5 heterocycles. The number of fused-ring (bicyclic) bond motifs is 2. The lowest BCUT2D eigenvalue weighted by atomic mass is 9.76. The first-order chi connectivity index (χ1) is 65.3. The SMILES string of the molecule is CCC(Oc1ccc(C(C)(C)CC)cc1C(C)(C)CC)C(=O)Nc1ccc(N2N=C(N3CCCC3)C(Sc3nnnn3C)C2=O)cc1.Cc1ccccc1NC(=O)c1cc(Oc2ccc(CSc3nnnn3C)cc2[N+](=O)[O-])c2ccccc2c1O.Cc1ccccc1NC(=O)c1cc(Oc2ccc([N+](=O)[O-])cc2CN(C(=O)Sc2nnnn2-c2ccccc2)C(C)C)c2ccccc2c1O. The number of phenolic OH excluding ortho intramolecular Hbond substituents is 2. The molecule has 0 radical (unpaired) electrons. The Morgan fingerprint density at radius 2 is 1.11 bits per heavy atom. The summed E-state index contributed by atoms with van der Waals surface area (Å²) in [6.45, 7) is 24.3. The third-order valence-electron chi connectivity index (χ3n) is 23.6. The Morgan fingerprint density at radius 3 is 1.66 bits per heavy atom. The molecule has 5 amide bonds. The Balaban J connectivity index is 0.000000164. The first-order valence-corrected chi connectivity index (χ1v) is 46.6. The summed E-state index contributed by atoms with van der Waals surface area (Å²) in [6.07, 6.45) is 3.92. The van der Waals surface area contributed by atoms with Gasteiger partial charge in [0.05, 0.1) is 38.9 Å². The van der Waals surface area contributed by atoms with Crippen molar-refractivity contribution >= 4 is 126 Å². The normalized spacial score (nSPS) is 13.3. The van der Waals surface area contributed by atoms with E-state index >= 15 is 0 Å². The van der Waals surface area contributed by atoms with Crippen LogP contribution in [-0.2, 0) is 46.8 Å². The van der Waals surface area contributed by atoms with E-state index in [2.05, 4.69) is 121 Å². The molecule has 0 bridgehead atoms. The number of tetrazole rings is 3. The summed E-state index contributed by atoms with van der Waals surface area (Å²) in [5.41, 5.74) is 7.60. The second kappa shape index (κ2) is 42.8. The van der Waals surface area contributed by atoms with Crippen LogP contribution in [0.25, 0.3) is 27.2 Å². The summed E-state index contributed by atoms with van der Waals surface area (Å²) in [7, 11) is 3.46. The predicted molar refractivity (Wildman–Crippen MR) is 522 cm³/mol. The number of nitro benzene ring substituents is 2. The van der Waals surface area contributed by atoms with Crippen LogP contribution in [0.2, 0.25) is 0 Å². The van der Waals surface area contributed by atoms with Gasteiger partial charge >= 0.3 is 5.69 Å². The zero-order chi connectivity index (χ0) is 96.8. The number of carbonyl (C=O) groups is 5. The molecule has 2 atom stereocenters. The fourth-order valence-electron chi connectivity index (χ4n) is 14.9. The van der Waals surface area contributed by atoms with Crippen LogP contribution in [-0.4, -0.2) is 156 Å². The number of rotatable bonds is 30. The van der Waals surface area contributed by atoms with Gasteiger partial charge in [-0.2, -0.15) is 14.8 Å². The lowest BCUT2D eigenvalue weighted by Gasteiger charge is -2.31. The molecule has 5 N–H and O–H groups in total. The van der Waals surface area contributed by atoms with E-state index < -0.39 is 38.3 Å². The van der Waals surface area contributed by atoms with Crippen LogP contribution in [0.1, 0.15) is 149 Å². The number of phenols is 2. The largest absolute Gasteiger partial charge is 0.506 e. The van der Waals surface area contributed by atoms with Crippen molar-refractivity contribution in [3.63, 3.8) is 0 Å². The lowest BCUT2D eigenvalue weighted by molar-refractivity contribution is -0.385. The van der Waals surface area contributed by atoms with Crippen LogP contribution in [0.4, 0.5) is 38.9 Å². The number of likely N-dealkylation sites (tertiary alicyclic amines) is 1. The molecular formula is C98H101N21O14S3. The highest BCUT2D eigenvalue weighted by Crippen LogP contribution is 2.46. The molecule has 2 unspecified atom stereocenters. The predicted octanol–water partition coefficient (Wildman–Crippen LogP) is 19.8. The average molecular weight is 1890 g/mol. The minimum Gasteiger partial charge on any atom is -0.506 e. The van der Waals surface area contributed by atoms with Crippen LogP contribution in [0.15, 0.2) is 239 Å². The number of aromatic hydroxyl groups is 2. The molecule has 700 valence electrons. The maximum absolute atomic E-state index is 13.8. The van der Waals surface area contributed by atoms with Gasteiger partial charge in [-0.3, -0.25) is 44.2 Å². The molecule has 14 aromatic rings. The highest BCUT2D eigenvalue weighted by atomic mass is 32.2. The second-order valence-corrected chi connectivity index (χ2v) is 36.7. The van der Waals surface area contributed by atoms with Crippen molar-refractivity contribution in [3.8, 4) is 45.9 Å². The van der Waals surface area contributed by atoms with Gasteiger partial charge in [0.15, 0.2) is 11.4 Å². The number of amidine groups is 1. The maximum Gasteiger partial charge on any atom is 0.311 e. The zero-order valence-corrected chi connectivity index (χ0v) is 79.4. The molecule has 38 heteroatoms. The first kappa shape index (κ1) is 96.9. The van der Waals surface area contributed by atoms with Crippen molar-refractivity contribution in [1.82, 2.24) is 70.4 Å². The molecule has 1 saturated heterocycles. The molecule has 2 aliphatic rings. The van der Waals surface area contributed by atoms with Gasteiger partial charge in [0.2, 0.25) is 21.2 Å². The number of hydrogen-bond acceptors (Lipinski definition) is 28. The molecule has 136 heavy (non-hydrogen) atoms. The standard InChI is InChI=1S/C36H31N7O6S.C35H48N8O3S.C27H22N6O5S/c1-22(2)41(36(46)50-35-38-39-40-42(35)25-12-5-4-6-13-25)21-24-19-26(43(47)48)17-18-31(24)49-32-20-29(33(44)28-15-9-8-14-27(28)32)34(45)37-30-16-10-7-11-23(30)3;1-9-27(46-28-19-14-23(34(4,5)10-2)22-26(28)35(6,7)11-3)31(44)36-24-15-17-25(18-16-24)43-32(45)29(47-33-37-39-40-41(33)8)30(38-43)42-20-12-13-21-42;1-16-7-3-6-10-21(16)28-26(35)20-14-24(18-8-4-5-9-19(18)25(20)34)38-23-12-11-17(13-22(23)33(36)37)15-39-27-29-30-31-32(27)2/h4-20,22,44H,21H2,1-3H3,(H,37,45);14-19,22,27,29H,9-13,20-21H2,1-8H3,(H,36,44);3-14,34H,15H2,1-2H3,(H,28,35). The molecule has 16 rings (SSSR count). The Kier molecular flexibility index (Phi) is 30.5. The third-order valence-corrected chi connectivity index (χ3v) is 26.7. The third kappa shape index (κ3) is 22.3. The molecule has 0 aliphatic carbocycles. The van der Waals surface area contributed by atoms with Gasteiger partial charge < -0.3 is 50.2 Å². The smallest absolute Gasteiger partial charge is 0.311 e. The van der Waals surface area contributed by atoms with Crippen molar-refractivity contribution in [2.24, 2.45) is 19.2 Å². The number of nitrogens with zero attached hydrogens (tertiary/aromatic N) is 18. The van der Waals surface area contributed by atoms with E-state index in [9.17, 15) is 54.4 Å². The molecule has 0 spiro atoms. The number of hydrogen-bond donors (Lipinski definition) is 5. The molecule has 0 saturated carbocycles. The van der Waals surface area contributed by atoms with Gasteiger partial charge in [-0.25, -0.2) is 9.36 Å². The molecule has 11 aromatic carbocycles. The van der Waals surface area contributed by atoms with Crippen LogP contribution >= 0.6 is 35.3 Å². The fraction of sp³-hybridized carbons (Fsp3) is 0.276. The average Bonchev–Trinajstić information content (AvgIpc) is 1.49. The van der Waals surface area contributed by atoms with E-state index in [1.165, 1.54) is 90.8 Å². The lowest BCUT2D eigenvalue weighted by Crippen LogP contribution is -2.37. The van der Waals surface area contributed by atoms with Gasteiger partial charge in [0.1, 0.15) is 40.3 Å². The quantitative estimate of drug-likeness (QED) is 0.0159. The number of amides is 5. The summed E-state index contributed by atoms with van der Waals surface area (Å²) in [4.78, 5) is 94.1. The zero-order valence-electron chi connectivity index (χ0n) is 76.9. The number of benzene rings is 11. The molecular weight excluding hydrogens is 1790 g/mol. The molecule has 3 aromatic heterocycles. The molecule has 1 fully saturated rings. The number of nitrogens with one attached hydrogen (secondary N) is 3. The highest BCUT2D eigenvalue weighted by Gasteiger charge is 2.43. The van der Waals surface area contributed by atoms with Crippen molar-refractivity contribution in [1.29, 1.82) is 0 Å². The topological polar surface area (TPSA) is 429 Å². The van der Waals surface area contributed by atoms with Gasteiger partial charge in [0.25, 0.3) is 34.6 Å². The Morgan fingerprint density at radius 1 is 0.574 bits per heavy atom. The second-order valence-electron chi connectivity index (χ2n) is 33.8. The number of ether oxygens (including phenoxy) is 3. The van der Waals surface area contributed by atoms with E-state index in [0.29, 0.717) is 83.6 Å². The summed E-state index contributed by atoms with van der Waals surface area (Å²) >= 11 is 3.47. The number of hydrazone groups is 1. The maximum atomic E-state index is 13.8. The van der Waals surface area contributed by atoms with Crippen LogP contribution in [0.3, 0.4) is 0 Å². The minimum absolute atomic E-state index is 0.00446. The van der Waals surface area contributed by atoms with Crippen LogP contribution in [0, 0.1) is 34.1 Å². The van der Waals surface area contributed by atoms with E-state index in [1.54, 1.807) is 122 Å². The van der Waals surface area contributed by atoms with Gasteiger partial charge in [-0.05, 0) is 203 Å².